The molecule has 5 rings (SSSR count). The molecule has 3 aromatic heterocycles. The zero-order valence-corrected chi connectivity index (χ0v) is 16.4. The predicted octanol–water partition coefficient (Wildman–Crippen LogP) is 0.277. The highest BCUT2D eigenvalue weighted by Gasteiger charge is 2.45. The summed E-state index contributed by atoms with van der Waals surface area (Å²) >= 11 is 0. The van der Waals surface area contributed by atoms with Crippen LogP contribution < -0.4 is 11.3 Å². The minimum absolute atomic E-state index is 0.0160. The highest BCUT2D eigenvalue weighted by atomic mass is 16.6. The second-order valence-electron chi connectivity index (χ2n) is 7.21. The summed E-state index contributed by atoms with van der Waals surface area (Å²) in [5.74, 6) is -0.286. The van der Waals surface area contributed by atoms with Crippen molar-refractivity contribution >= 4 is 39.7 Å². The number of hydrogen-bond donors (Lipinski definition) is 5. The minimum atomic E-state index is -1.45. The first-order chi connectivity index (χ1) is 15.5. The molecule has 0 radical (unpaired) electrons. The topological polar surface area (TPSA) is 197 Å². The van der Waals surface area contributed by atoms with Gasteiger partial charge in [-0.15, -0.1) is 10.2 Å². The second kappa shape index (κ2) is 7.72. The molecule has 13 nitrogen and oxygen atoms in total. The summed E-state index contributed by atoms with van der Waals surface area (Å²) in [7, 11) is 0. The number of imidazole rings is 1. The van der Waals surface area contributed by atoms with Crippen molar-refractivity contribution in [2.24, 2.45) is 10.2 Å². The maximum absolute atomic E-state index is 12.3. The van der Waals surface area contributed by atoms with Gasteiger partial charge >= 0.3 is 0 Å². The molecule has 0 amide bonds. The van der Waals surface area contributed by atoms with Gasteiger partial charge in [0, 0.05) is 11.6 Å². The maximum atomic E-state index is 12.3. The number of ether oxygens (including phenoxy) is 1. The number of aliphatic hydroxyl groups excluding tert-OH is 3. The highest BCUT2D eigenvalue weighted by Crippen LogP contribution is 2.35. The number of azo groups is 1. The molecule has 1 aliphatic rings. The summed E-state index contributed by atoms with van der Waals surface area (Å²) in [4.78, 5) is 27.2. The number of fused-ring (bicyclic) bond motifs is 2. The molecule has 0 bridgehead atoms. The Bertz CT molecular complexity index is 1400. The number of aliphatic hydroxyl groups is 3. The largest absolute Gasteiger partial charge is 0.394 e. The van der Waals surface area contributed by atoms with Crippen LogP contribution in [0.3, 0.4) is 0 Å². The van der Waals surface area contributed by atoms with Crippen LogP contribution >= 0.6 is 0 Å². The zero-order valence-electron chi connectivity index (χ0n) is 16.4. The number of rotatable bonds is 4. The number of hydrogen-bond acceptors (Lipinski definition) is 11. The van der Waals surface area contributed by atoms with Crippen LogP contribution in [0.2, 0.25) is 0 Å². The van der Waals surface area contributed by atoms with Gasteiger partial charge in [0.1, 0.15) is 18.3 Å². The van der Waals surface area contributed by atoms with Crippen LogP contribution in [-0.4, -0.2) is 64.7 Å². The number of benzene rings is 1. The van der Waals surface area contributed by atoms with Crippen LogP contribution in [0.4, 0.5) is 17.6 Å². The van der Waals surface area contributed by atoms with Crippen LogP contribution in [0.1, 0.15) is 6.23 Å². The maximum Gasteiger partial charge on any atom is 0.280 e. The Kier molecular flexibility index (Phi) is 4.86. The molecule has 164 valence electrons. The smallest absolute Gasteiger partial charge is 0.280 e. The fourth-order valence-electron chi connectivity index (χ4n) is 3.62. The van der Waals surface area contributed by atoms with Gasteiger partial charge in [0.05, 0.1) is 17.8 Å². The number of H-pyrrole nitrogens is 1. The number of nitrogen functional groups attached to an aromatic ring is 1. The number of nitrogens with two attached hydrogens (primary N) is 1. The molecule has 1 fully saturated rings. The van der Waals surface area contributed by atoms with E-state index in [9.17, 15) is 20.1 Å². The van der Waals surface area contributed by atoms with E-state index in [1.807, 2.05) is 6.07 Å². The normalized spacial score (nSPS) is 23.6. The van der Waals surface area contributed by atoms with Crippen molar-refractivity contribution in [1.82, 2.24) is 24.5 Å². The van der Waals surface area contributed by atoms with Gasteiger partial charge in [0.15, 0.2) is 17.4 Å². The molecule has 0 spiro atoms. The van der Waals surface area contributed by atoms with Gasteiger partial charge in [-0.2, -0.15) is 4.98 Å². The van der Waals surface area contributed by atoms with E-state index < -0.39 is 36.7 Å². The van der Waals surface area contributed by atoms with Crippen molar-refractivity contribution in [2.45, 2.75) is 24.5 Å². The monoisotopic (exact) mass is 438 g/mol. The molecule has 6 N–H and O–H groups in total. The molecule has 1 unspecified atom stereocenters. The van der Waals surface area contributed by atoms with Gasteiger partial charge in [-0.3, -0.25) is 19.3 Å². The van der Waals surface area contributed by atoms with Crippen LogP contribution in [0.15, 0.2) is 51.6 Å². The first-order valence-electron chi connectivity index (χ1n) is 9.63. The van der Waals surface area contributed by atoms with E-state index in [1.165, 1.54) is 4.57 Å². The Morgan fingerprint density at radius 2 is 2.03 bits per heavy atom. The SMILES string of the molecule is Nc1nc2c(nc(/N=N/c3ccc4ncccc4c3)n2[C@@H]2O[C@H](CO)C(O)[C@@H]2O)c(=O)[nH]1. The van der Waals surface area contributed by atoms with Crippen molar-refractivity contribution in [3.63, 3.8) is 0 Å². The van der Waals surface area contributed by atoms with Gasteiger partial charge in [0.25, 0.3) is 11.5 Å². The lowest BCUT2D eigenvalue weighted by atomic mass is 10.1. The summed E-state index contributed by atoms with van der Waals surface area (Å²) in [6.07, 6.45) is -3.43. The number of aromatic nitrogens is 5. The quantitative estimate of drug-likeness (QED) is 0.278. The van der Waals surface area contributed by atoms with E-state index >= 15 is 0 Å². The molecular formula is C19H18N8O5. The number of nitrogens with zero attached hydrogens (tertiary/aromatic N) is 6. The standard InChI is InChI=1S/C19H18N8O5/c20-18-23-15-12(16(31)24-18)22-19(27(15)17-14(30)13(29)11(7-28)32-17)26-25-9-3-4-10-8(6-9)2-1-5-21-10/h1-6,11,13-14,17,28-30H,7H2,(H3,20,23,24,31)/b26-25+/t11-,13?,14+,17-/m1/s1. The second-order valence-corrected chi connectivity index (χ2v) is 7.21. The van der Waals surface area contributed by atoms with E-state index in [-0.39, 0.29) is 23.1 Å². The first-order valence-corrected chi connectivity index (χ1v) is 9.63. The number of nitrogens with one attached hydrogen (secondary N) is 1. The van der Waals surface area contributed by atoms with E-state index in [0.717, 1.165) is 10.9 Å². The van der Waals surface area contributed by atoms with Gasteiger partial charge in [-0.25, -0.2) is 4.98 Å². The summed E-state index contributed by atoms with van der Waals surface area (Å²) in [5.41, 5.74) is 6.22. The molecule has 0 saturated carbocycles. The number of pyridine rings is 1. The minimum Gasteiger partial charge on any atom is -0.394 e. The van der Waals surface area contributed by atoms with Crippen molar-refractivity contribution in [1.29, 1.82) is 0 Å². The summed E-state index contributed by atoms with van der Waals surface area (Å²) < 4.78 is 6.81. The zero-order chi connectivity index (χ0) is 22.4. The number of anilines is 1. The Morgan fingerprint density at radius 1 is 1.19 bits per heavy atom. The summed E-state index contributed by atoms with van der Waals surface area (Å²) in [5, 5.41) is 39.3. The third-order valence-corrected chi connectivity index (χ3v) is 5.16. The van der Waals surface area contributed by atoms with Crippen molar-refractivity contribution in [2.75, 3.05) is 12.3 Å². The van der Waals surface area contributed by atoms with E-state index in [4.69, 9.17) is 10.5 Å². The van der Waals surface area contributed by atoms with Crippen LogP contribution in [0, 0.1) is 0 Å². The van der Waals surface area contributed by atoms with Gasteiger partial charge in [0.2, 0.25) is 5.95 Å². The van der Waals surface area contributed by atoms with Crippen molar-refractivity contribution < 1.29 is 20.1 Å². The molecule has 1 aromatic carbocycles. The van der Waals surface area contributed by atoms with Crippen LogP contribution in [-0.2, 0) is 4.74 Å². The summed E-state index contributed by atoms with van der Waals surface area (Å²) in [6, 6.07) is 8.94. The molecule has 13 heteroatoms. The lowest BCUT2D eigenvalue weighted by Gasteiger charge is -2.17. The van der Waals surface area contributed by atoms with E-state index in [1.54, 1.807) is 30.5 Å². The molecule has 4 atom stereocenters. The molecule has 1 saturated heterocycles. The Labute approximate surface area is 178 Å². The average Bonchev–Trinajstić information content (AvgIpc) is 3.29. The molecule has 1 aliphatic heterocycles. The lowest BCUT2D eigenvalue weighted by Crippen LogP contribution is -2.33. The molecule has 32 heavy (non-hydrogen) atoms. The van der Waals surface area contributed by atoms with Crippen LogP contribution in [0.25, 0.3) is 22.1 Å². The average molecular weight is 438 g/mol. The third-order valence-electron chi connectivity index (χ3n) is 5.16. The van der Waals surface area contributed by atoms with Gasteiger partial charge in [-0.1, -0.05) is 6.07 Å². The first kappa shape index (κ1) is 20.1. The fraction of sp³-hybridized carbons (Fsp3) is 0.263. The van der Waals surface area contributed by atoms with Gasteiger partial charge < -0.3 is 25.8 Å². The Hall–Kier alpha value is -3.78. The van der Waals surface area contributed by atoms with Crippen LogP contribution in [0.5, 0.6) is 0 Å². The lowest BCUT2D eigenvalue weighted by molar-refractivity contribution is -0.0503. The Morgan fingerprint density at radius 3 is 2.81 bits per heavy atom. The van der Waals surface area contributed by atoms with Crippen molar-refractivity contribution in [3.05, 3.63) is 46.9 Å². The van der Waals surface area contributed by atoms with Gasteiger partial charge in [-0.05, 0) is 24.3 Å². The number of aromatic amines is 1. The predicted molar refractivity (Wildman–Crippen MR) is 111 cm³/mol. The van der Waals surface area contributed by atoms with E-state index in [0.29, 0.717) is 5.69 Å². The fourth-order valence-corrected chi connectivity index (χ4v) is 3.62. The third kappa shape index (κ3) is 3.29. The molecular weight excluding hydrogens is 420 g/mol. The van der Waals surface area contributed by atoms with E-state index in [2.05, 4.69) is 30.2 Å². The molecule has 4 aromatic rings. The highest BCUT2D eigenvalue weighted by molar-refractivity contribution is 5.81. The van der Waals surface area contributed by atoms with Crippen molar-refractivity contribution in [3.8, 4) is 0 Å². The molecule has 4 heterocycles. The Balaban J connectivity index is 1.63. The molecule has 0 aliphatic carbocycles. The summed E-state index contributed by atoms with van der Waals surface area (Å²) in [6.45, 7) is -0.528.